The Hall–Kier alpha value is -1.14. The number of benzene rings is 1. The summed E-state index contributed by atoms with van der Waals surface area (Å²) in [6.07, 6.45) is 4.35. The number of halogens is 1. The van der Waals surface area contributed by atoms with Crippen molar-refractivity contribution in [3.05, 3.63) is 35.3 Å². The predicted molar refractivity (Wildman–Crippen MR) is 86.1 cm³/mol. The average molecular weight is 277 g/mol. The Morgan fingerprint density at radius 2 is 1.89 bits per heavy atom. The van der Waals surface area contributed by atoms with Gasteiger partial charge in [-0.25, -0.2) is 4.39 Å². The molecule has 19 heavy (non-hydrogen) atoms. The lowest BCUT2D eigenvalue weighted by Gasteiger charge is -2.23. The van der Waals surface area contributed by atoms with Crippen molar-refractivity contribution in [2.75, 3.05) is 13.3 Å². The van der Waals surface area contributed by atoms with Crippen LogP contribution in [0.15, 0.2) is 18.2 Å². The second kappa shape index (κ2) is 4.76. The van der Waals surface area contributed by atoms with E-state index in [1.807, 2.05) is 6.07 Å². The van der Waals surface area contributed by atoms with Crippen molar-refractivity contribution in [3.63, 3.8) is 0 Å². The van der Waals surface area contributed by atoms with Gasteiger partial charge in [0, 0.05) is 5.39 Å². The molecule has 1 heterocycles. The van der Waals surface area contributed by atoms with Crippen LogP contribution in [0.25, 0.3) is 10.9 Å². The molecule has 0 amide bonds. The molecular formula is C16H21FNP. The first-order valence-corrected chi connectivity index (χ1v) is 9.37. The molecule has 0 saturated carbocycles. The zero-order valence-electron chi connectivity index (χ0n) is 12.3. The average Bonchev–Trinajstić information content (AvgIpc) is 2.27. The maximum atomic E-state index is 13.9. The first kappa shape index (κ1) is 14.3. The molecule has 0 unspecified atom stereocenters. The van der Waals surface area contributed by atoms with Gasteiger partial charge in [0.05, 0.1) is 11.2 Å². The number of hydrogen-bond acceptors (Lipinski definition) is 1. The molecule has 0 aliphatic carbocycles. The van der Waals surface area contributed by atoms with Crippen LogP contribution in [0.5, 0.6) is 0 Å². The van der Waals surface area contributed by atoms with Gasteiger partial charge in [-0.15, -0.1) is 0 Å². The number of pyridine rings is 1. The first-order chi connectivity index (χ1) is 8.71. The number of rotatable bonds is 2. The minimum Gasteiger partial charge on any atom is -0.250 e. The van der Waals surface area contributed by atoms with E-state index in [1.165, 1.54) is 10.9 Å². The fraction of sp³-hybridized carbons (Fsp3) is 0.375. The van der Waals surface area contributed by atoms with Crippen LogP contribution in [0, 0.1) is 12.7 Å². The Labute approximate surface area is 114 Å². The topological polar surface area (TPSA) is 12.9 Å². The molecule has 1 aromatic carbocycles. The Bertz CT molecular complexity index is 683. The minimum atomic E-state index is -1.50. The lowest BCUT2D eigenvalue weighted by Crippen LogP contribution is -2.14. The van der Waals surface area contributed by atoms with E-state index in [9.17, 15) is 4.39 Å². The van der Waals surface area contributed by atoms with Crippen LogP contribution in [-0.2, 0) is 0 Å². The summed E-state index contributed by atoms with van der Waals surface area (Å²) in [4.78, 5) is 4.36. The van der Waals surface area contributed by atoms with Crippen LogP contribution in [0.3, 0.4) is 0 Å². The molecule has 0 N–H and O–H groups in total. The Balaban J connectivity index is 2.95. The molecule has 0 bridgehead atoms. The monoisotopic (exact) mass is 277 g/mol. The molecule has 0 atom stereocenters. The highest BCUT2D eigenvalue weighted by Gasteiger charge is 2.18. The zero-order valence-corrected chi connectivity index (χ0v) is 13.2. The van der Waals surface area contributed by atoms with Crippen molar-refractivity contribution in [2.24, 2.45) is 0 Å². The molecule has 1 aromatic heterocycles. The van der Waals surface area contributed by atoms with E-state index in [4.69, 9.17) is 0 Å². The Morgan fingerprint density at radius 1 is 1.26 bits per heavy atom. The van der Waals surface area contributed by atoms with Crippen molar-refractivity contribution >= 4 is 29.4 Å². The van der Waals surface area contributed by atoms with Crippen LogP contribution in [0.4, 0.5) is 4.39 Å². The van der Waals surface area contributed by atoms with Crippen molar-refractivity contribution in [1.82, 2.24) is 4.98 Å². The van der Waals surface area contributed by atoms with Crippen LogP contribution < -0.4 is 5.30 Å². The zero-order chi connectivity index (χ0) is 14.4. The molecule has 0 fully saturated rings. The fourth-order valence-corrected chi connectivity index (χ4v) is 4.32. The number of hydrogen-bond donors (Lipinski definition) is 0. The summed E-state index contributed by atoms with van der Waals surface area (Å²) < 4.78 is 13.9. The smallest absolute Gasteiger partial charge is 0.145 e. The minimum absolute atomic E-state index is 0.233. The second-order valence-corrected chi connectivity index (χ2v) is 9.78. The molecule has 0 radical (unpaired) electrons. The van der Waals surface area contributed by atoms with Gasteiger partial charge in [-0.2, -0.15) is 0 Å². The van der Waals surface area contributed by atoms with Gasteiger partial charge in [0.15, 0.2) is 0 Å². The molecule has 2 rings (SSSR count). The highest BCUT2D eigenvalue weighted by Crippen LogP contribution is 2.40. The molecule has 0 saturated heterocycles. The number of nitrogens with zero attached hydrogens (tertiary/aromatic N) is 1. The third-order valence-electron chi connectivity index (χ3n) is 3.36. The molecule has 0 spiro atoms. The van der Waals surface area contributed by atoms with Crippen molar-refractivity contribution in [3.8, 4) is 0 Å². The van der Waals surface area contributed by atoms with E-state index >= 15 is 0 Å². The van der Waals surface area contributed by atoms with Gasteiger partial charge < -0.3 is 0 Å². The van der Waals surface area contributed by atoms with Gasteiger partial charge in [0.1, 0.15) is 5.82 Å². The van der Waals surface area contributed by atoms with Crippen molar-refractivity contribution in [2.45, 2.75) is 26.7 Å². The quantitative estimate of drug-likeness (QED) is 0.752. The standard InChI is InChI=1S/C16H21FNP/c1-10(2)12-7-8-15-13(16(12)19(4,5)6)9-14(17)11(3)18-15/h7-10H,4H2,1-3,5-6H3. The summed E-state index contributed by atoms with van der Waals surface area (Å²) in [7, 11) is 0. The van der Waals surface area contributed by atoms with Crippen LogP contribution in [0.2, 0.25) is 0 Å². The first-order valence-electron chi connectivity index (χ1n) is 6.50. The number of aryl methyl sites for hydroxylation is 1. The van der Waals surface area contributed by atoms with E-state index in [2.05, 4.69) is 44.5 Å². The molecule has 1 nitrogen and oxygen atoms in total. The maximum absolute atomic E-state index is 13.9. The third kappa shape index (κ3) is 2.60. The fourth-order valence-electron chi connectivity index (χ4n) is 2.46. The number of aromatic nitrogens is 1. The van der Waals surface area contributed by atoms with Gasteiger partial charge in [-0.05, 0) is 49.2 Å². The molecule has 2 aromatic rings. The summed E-state index contributed by atoms with van der Waals surface area (Å²) >= 11 is 0. The summed E-state index contributed by atoms with van der Waals surface area (Å²) in [5.41, 5.74) is 2.59. The number of fused-ring (bicyclic) bond motifs is 1. The molecule has 0 aliphatic heterocycles. The molecule has 102 valence electrons. The SMILES string of the molecule is C=P(C)(C)c1c(C(C)C)ccc2nc(C)c(F)cc12. The van der Waals surface area contributed by atoms with Crippen molar-refractivity contribution < 1.29 is 4.39 Å². The van der Waals surface area contributed by atoms with Crippen molar-refractivity contribution in [1.29, 1.82) is 0 Å². The van der Waals surface area contributed by atoms with E-state index in [0.717, 1.165) is 10.9 Å². The lowest BCUT2D eigenvalue weighted by molar-refractivity contribution is 0.613. The summed E-state index contributed by atoms with van der Waals surface area (Å²) in [6, 6.07) is 5.75. The summed E-state index contributed by atoms with van der Waals surface area (Å²) in [6.45, 7) is 8.88. The normalized spacial score (nSPS) is 12.4. The Kier molecular flexibility index (Phi) is 3.57. The summed E-state index contributed by atoms with van der Waals surface area (Å²) in [5.74, 6) is 0.174. The Morgan fingerprint density at radius 3 is 2.42 bits per heavy atom. The molecule has 0 aliphatic rings. The van der Waals surface area contributed by atoms with Crippen LogP contribution >= 0.6 is 6.89 Å². The van der Waals surface area contributed by atoms with Crippen LogP contribution in [-0.4, -0.2) is 24.6 Å². The lowest BCUT2D eigenvalue weighted by atomic mass is 10.0. The largest absolute Gasteiger partial charge is 0.250 e. The van der Waals surface area contributed by atoms with Gasteiger partial charge in [0.25, 0.3) is 0 Å². The van der Waals surface area contributed by atoms with E-state index in [0.29, 0.717) is 11.6 Å². The highest BCUT2D eigenvalue weighted by atomic mass is 31.2. The third-order valence-corrected chi connectivity index (χ3v) is 5.07. The van der Waals surface area contributed by atoms with Gasteiger partial charge >= 0.3 is 0 Å². The van der Waals surface area contributed by atoms with Crippen LogP contribution in [0.1, 0.15) is 31.0 Å². The molecular weight excluding hydrogens is 256 g/mol. The van der Waals surface area contributed by atoms with Gasteiger partial charge in [0.2, 0.25) is 0 Å². The summed E-state index contributed by atoms with van der Waals surface area (Å²) in [5, 5.41) is 2.15. The van der Waals surface area contributed by atoms with Gasteiger partial charge in [-0.3, -0.25) is 4.98 Å². The predicted octanol–water partition coefficient (Wildman–Crippen LogP) is 4.14. The van der Waals surface area contributed by atoms with E-state index < -0.39 is 6.89 Å². The molecule has 3 heteroatoms. The van der Waals surface area contributed by atoms with E-state index in [-0.39, 0.29) is 5.82 Å². The van der Waals surface area contributed by atoms with Gasteiger partial charge in [-0.1, -0.05) is 33.1 Å². The second-order valence-electron chi connectivity index (χ2n) is 5.97. The van der Waals surface area contributed by atoms with E-state index in [1.54, 1.807) is 13.0 Å². The maximum Gasteiger partial charge on any atom is 0.145 e. The highest BCUT2D eigenvalue weighted by molar-refractivity contribution is 7.79.